The van der Waals surface area contributed by atoms with Crippen LogP contribution in [0.4, 0.5) is 0 Å². The molecule has 1 N–H and O–H groups in total. The lowest BCUT2D eigenvalue weighted by atomic mass is 10.2. The first-order chi connectivity index (χ1) is 9.53. The average Bonchev–Trinajstić information content (AvgIpc) is 2.34. The molecule has 5 nitrogen and oxygen atoms in total. The number of pyridine rings is 1. The second-order valence-corrected chi connectivity index (χ2v) is 11.9. The second-order valence-electron chi connectivity index (χ2n) is 6.33. The van der Waals surface area contributed by atoms with Gasteiger partial charge in [0.25, 0.3) is 0 Å². The fourth-order valence-electron chi connectivity index (χ4n) is 1.31. The number of halogens is 1. The van der Waals surface area contributed by atoms with Crippen LogP contribution in [0.5, 0.6) is 5.75 Å². The summed E-state index contributed by atoms with van der Waals surface area (Å²) in [6, 6.07) is 3.46. The molecule has 118 valence electrons. The van der Waals surface area contributed by atoms with Gasteiger partial charge in [-0.15, -0.1) is 0 Å². The molecule has 7 heteroatoms. The van der Waals surface area contributed by atoms with Crippen molar-refractivity contribution >= 4 is 30.2 Å². The molecular weight excluding hydrogens is 354 g/mol. The highest BCUT2D eigenvalue weighted by molar-refractivity contribution is 9.10. The van der Waals surface area contributed by atoms with Crippen molar-refractivity contribution in [2.45, 2.75) is 45.0 Å². The maximum absolute atomic E-state index is 11.4. The van der Waals surface area contributed by atoms with E-state index in [4.69, 9.17) is 9.16 Å². The smallest absolute Gasteiger partial charge is 0.335 e. The first kappa shape index (κ1) is 18.1. The Labute approximate surface area is 134 Å². The average molecular weight is 376 g/mol. The summed E-state index contributed by atoms with van der Waals surface area (Å²) >= 11 is 3.23. The van der Waals surface area contributed by atoms with Gasteiger partial charge in [0, 0.05) is 0 Å². The third-order valence-corrected chi connectivity index (χ3v) is 8.58. The van der Waals surface area contributed by atoms with Gasteiger partial charge >= 0.3 is 5.97 Å². The molecule has 1 heterocycles. The number of hydrogen-bond acceptors (Lipinski definition) is 4. The molecular formula is C14H22BrNO4Si. The summed E-state index contributed by atoms with van der Waals surface area (Å²) in [7, 11) is -2.16. The van der Waals surface area contributed by atoms with Crippen LogP contribution in [-0.4, -0.2) is 37.1 Å². The number of ether oxygens (including phenoxy) is 1. The standard InChI is InChI=1S/C14H22BrNO4Si/c1-14(2,3)21(4,5)20-11(13(17)18)9-19-10-6-7-12(15)16-8-10/h6-8,11H,9H2,1-5H3,(H,17,18)/t11-/m1/s1. The molecule has 0 aliphatic heterocycles. The molecule has 1 aromatic heterocycles. The normalized spacial score (nSPS) is 13.8. The highest BCUT2D eigenvalue weighted by Crippen LogP contribution is 2.37. The van der Waals surface area contributed by atoms with Crippen molar-refractivity contribution in [1.29, 1.82) is 0 Å². The number of carboxylic acids is 1. The molecule has 0 aliphatic carbocycles. The zero-order valence-corrected chi connectivity index (χ0v) is 15.6. The van der Waals surface area contributed by atoms with E-state index in [1.807, 2.05) is 13.1 Å². The van der Waals surface area contributed by atoms with E-state index in [2.05, 4.69) is 41.7 Å². The summed E-state index contributed by atoms with van der Waals surface area (Å²) < 4.78 is 12.1. The molecule has 1 aromatic rings. The van der Waals surface area contributed by atoms with Crippen LogP contribution in [0.25, 0.3) is 0 Å². The Morgan fingerprint density at radius 3 is 2.48 bits per heavy atom. The lowest BCUT2D eigenvalue weighted by Gasteiger charge is -2.38. The monoisotopic (exact) mass is 375 g/mol. The van der Waals surface area contributed by atoms with Crippen LogP contribution in [-0.2, 0) is 9.22 Å². The molecule has 0 saturated carbocycles. The zero-order chi connectivity index (χ0) is 16.3. The van der Waals surface area contributed by atoms with Gasteiger partial charge in [-0.3, -0.25) is 0 Å². The Kier molecular flexibility index (Phi) is 5.95. The van der Waals surface area contributed by atoms with E-state index in [0.717, 1.165) is 0 Å². The Hall–Kier alpha value is -0.923. The van der Waals surface area contributed by atoms with Crippen LogP contribution in [0.1, 0.15) is 20.8 Å². The summed E-state index contributed by atoms with van der Waals surface area (Å²) in [6.45, 7) is 10.2. The van der Waals surface area contributed by atoms with Gasteiger partial charge < -0.3 is 14.3 Å². The highest BCUT2D eigenvalue weighted by atomic mass is 79.9. The maximum atomic E-state index is 11.4. The molecule has 0 aromatic carbocycles. The molecule has 0 bridgehead atoms. The Balaban J connectivity index is 2.71. The van der Waals surface area contributed by atoms with Crippen molar-refractivity contribution in [3.63, 3.8) is 0 Å². The number of carbonyl (C=O) groups is 1. The molecule has 1 rings (SSSR count). The van der Waals surface area contributed by atoms with Gasteiger partial charge in [-0.05, 0) is 46.2 Å². The van der Waals surface area contributed by atoms with Crippen LogP contribution in [0, 0.1) is 0 Å². The van der Waals surface area contributed by atoms with E-state index in [0.29, 0.717) is 10.4 Å². The van der Waals surface area contributed by atoms with E-state index in [1.54, 1.807) is 12.1 Å². The fourth-order valence-corrected chi connectivity index (χ4v) is 2.78. The molecule has 0 unspecified atom stereocenters. The van der Waals surface area contributed by atoms with Gasteiger partial charge in [0.15, 0.2) is 14.4 Å². The van der Waals surface area contributed by atoms with E-state index in [1.165, 1.54) is 6.20 Å². The van der Waals surface area contributed by atoms with Crippen molar-refractivity contribution in [3.05, 3.63) is 22.9 Å². The third-order valence-electron chi connectivity index (χ3n) is 3.62. The molecule has 0 spiro atoms. The first-order valence-electron chi connectivity index (χ1n) is 6.68. The molecule has 0 saturated heterocycles. The predicted molar refractivity (Wildman–Crippen MR) is 87.1 cm³/mol. The van der Waals surface area contributed by atoms with E-state index in [9.17, 15) is 9.90 Å². The number of aliphatic carboxylic acids is 1. The Morgan fingerprint density at radius 1 is 1.43 bits per heavy atom. The summed E-state index contributed by atoms with van der Waals surface area (Å²) in [5, 5.41) is 9.26. The van der Waals surface area contributed by atoms with Gasteiger partial charge in [0.1, 0.15) is 17.0 Å². The summed E-state index contributed by atoms with van der Waals surface area (Å²) in [4.78, 5) is 15.4. The summed E-state index contributed by atoms with van der Waals surface area (Å²) in [5.41, 5.74) is 0. The lowest BCUT2D eigenvalue weighted by molar-refractivity contribution is -0.147. The molecule has 1 atom stereocenters. The van der Waals surface area contributed by atoms with Crippen molar-refractivity contribution in [3.8, 4) is 5.75 Å². The molecule has 0 aliphatic rings. The van der Waals surface area contributed by atoms with Gasteiger partial charge in [-0.2, -0.15) is 0 Å². The second kappa shape index (κ2) is 6.89. The lowest BCUT2D eigenvalue weighted by Crippen LogP contribution is -2.47. The minimum Gasteiger partial charge on any atom is -0.489 e. The first-order valence-corrected chi connectivity index (χ1v) is 10.4. The quantitative estimate of drug-likeness (QED) is 0.606. The molecule has 0 radical (unpaired) electrons. The van der Waals surface area contributed by atoms with E-state index >= 15 is 0 Å². The molecule has 0 amide bonds. The predicted octanol–water partition coefficient (Wildman–Crippen LogP) is 3.70. The van der Waals surface area contributed by atoms with Crippen LogP contribution < -0.4 is 4.74 Å². The van der Waals surface area contributed by atoms with Gasteiger partial charge in [0.05, 0.1) is 6.20 Å². The SMILES string of the molecule is CC(C)(C)[Si](C)(C)O[C@H](COc1ccc(Br)nc1)C(=O)O. The Bertz CT molecular complexity index is 485. The van der Waals surface area contributed by atoms with Gasteiger partial charge in [-0.1, -0.05) is 20.8 Å². The van der Waals surface area contributed by atoms with Gasteiger partial charge in [0.2, 0.25) is 0 Å². The number of aromatic nitrogens is 1. The van der Waals surface area contributed by atoms with Crippen LogP contribution in [0.15, 0.2) is 22.9 Å². The van der Waals surface area contributed by atoms with Crippen molar-refractivity contribution in [2.75, 3.05) is 6.61 Å². The van der Waals surface area contributed by atoms with Gasteiger partial charge in [-0.25, -0.2) is 9.78 Å². The number of nitrogens with zero attached hydrogens (tertiary/aromatic N) is 1. The fraction of sp³-hybridized carbons (Fsp3) is 0.571. The number of hydrogen-bond donors (Lipinski definition) is 1. The summed E-state index contributed by atoms with van der Waals surface area (Å²) in [6.07, 6.45) is 0.560. The van der Waals surface area contributed by atoms with E-state index in [-0.39, 0.29) is 11.6 Å². The highest BCUT2D eigenvalue weighted by Gasteiger charge is 2.41. The third kappa shape index (κ3) is 5.41. The van der Waals surface area contributed by atoms with Crippen molar-refractivity contribution in [1.82, 2.24) is 4.98 Å². The minimum absolute atomic E-state index is 0.0366. The number of carboxylic acid groups (broad SMARTS) is 1. The zero-order valence-electron chi connectivity index (χ0n) is 13.0. The van der Waals surface area contributed by atoms with Crippen LogP contribution in [0.2, 0.25) is 18.1 Å². The van der Waals surface area contributed by atoms with Crippen LogP contribution >= 0.6 is 15.9 Å². The number of rotatable bonds is 6. The van der Waals surface area contributed by atoms with Crippen molar-refractivity contribution in [2.24, 2.45) is 0 Å². The van der Waals surface area contributed by atoms with E-state index < -0.39 is 20.4 Å². The minimum atomic E-state index is -2.16. The van der Waals surface area contributed by atoms with Crippen LogP contribution in [0.3, 0.4) is 0 Å². The maximum Gasteiger partial charge on any atom is 0.335 e. The Morgan fingerprint density at radius 2 is 2.05 bits per heavy atom. The molecule has 21 heavy (non-hydrogen) atoms. The van der Waals surface area contributed by atoms with Crippen molar-refractivity contribution < 1.29 is 19.1 Å². The molecule has 0 fully saturated rings. The summed E-state index contributed by atoms with van der Waals surface area (Å²) in [5.74, 6) is -0.492. The topological polar surface area (TPSA) is 68.7 Å². The largest absolute Gasteiger partial charge is 0.489 e.